The molecule has 0 aromatic heterocycles. The zero-order valence-electron chi connectivity index (χ0n) is 30.6. The average Bonchev–Trinajstić information content (AvgIpc) is 3.54. The van der Waals surface area contributed by atoms with Crippen molar-refractivity contribution in [3.63, 3.8) is 0 Å². The summed E-state index contributed by atoms with van der Waals surface area (Å²) in [6.45, 7) is 9.70. The maximum atomic E-state index is 7.01. The third-order valence-corrected chi connectivity index (χ3v) is 15.2. The van der Waals surface area contributed by atoms with Crippen LogP contribution in [0, 0.1) is 29.1 Å². The molecule has 4 saturated carbocycles. The van der Waals surface area contributed by atoms with Gasteiger partial charge in [-0.2, -0.15) is 0 Å². The standard InChI is InChI=1S/C49H49NO/c1-46(2)22-23-47(3,4)41-27-36(18-20-38(41)46)50(35-16-14-34(15-17-35)33-10-6-5-7-11-33)37-19-21-40-43(28-37)51-42-13-9-8-12-39(42)49(40)44-25-31-24-32-26-45(49)48(44,29-31)30-32/h5-21,27-28,31-32,44-45H,22-26,29-30H2,1-4H3. The summed E-state index contributed by atoms with van der Waals surface area (Å²) in [5.74, 6) is 5.45. The van der Waals surface area contributed by atoms with E-state index in [4.69, 9.17) is 4.74 Å². The highest BCUT2D eigenvalue weighted by Crippen LogP contribution is 2.84. The second-order valence-corrected chi connectivity index (χ2v) is 18.6. The van der Waals surface area contributed by atoms with Crippen LogP contribution in [-0.2, 0) is 16.2 Å². The first kappa shape index (κ1) is 30.3. The quantitative estimate of drug-likeness (QED) is 0.189. The minimum absolute atomic E-state index is 0.0796. The minimum Gasteiger partial charge on any atom is -0.457 e. The van der Waals surface area contributed by atoms with E-state index in [1.54, 1.807) is 0 Å². The molecular formula is C49H49NO. The summed E-state index contributed by atoms with van der Waals surface area (Å²) in [7, 11) is 0. The summed E-state index contributed by atoms with van der Waals surface area (Å²) < 4.78 is 7.01. The summed E-state index contributed by atoms with van der Waals surface area (Å²) in [6.07, 6.45) is 9.61. The first-order valence-electron chi connectivity index (χ1n) is 19.7. The van der Waals surface area contributed by atoms with Gasteiger partial charge < -0.3 is 9.64 Å². The van der Waals surface area contributed by atoms with Crippen LogP contribution in [0.5, 0.6) is 11.5 Å². The number of ether oxygens (including phenoxy) is 1. The Bertz CT molecular complexity index is 2190. The van der Waals surface area contributed by atoms with Crippen LogP contribution in [0.4, 0.5) is 17.1 Å². The molecule has 2 heteroatoms. The lowest BCUT2D eigenvalue weighted by molar-refractivity contribution is -0.0882. The monoisotopic (exact) mass is 667 g/mol. The van der Waals surface area contributed by atoms with Crippen molar-refractivity contribution in [1.82, 2.24) is 0 Å². The SMILES string of the molecule is CC1(C)CCC(C)(C)c2cc(N(c3ccc(-c4ccccc4)cc3)c3ccc4c(c3)Oc3ccccc3C43C4CC5CC6CC3C4(C5)C6)ccc21. The number of rotatable bonds is 4. The first-order chi connectivity index (χ1) is 24.7. The van der Waals surface area contributed by atoms with Crippen molar-refractivity contribution in [1.29, 1.82) is 0 Å². The van der Waals surface area contributed by atoms with Gasteiger partial charge in [-0.05, 0) is 144 Å². The van der Waals surface area contributed by atoms with Gasteiger partial charge in [0.1, 0.15) is 11.5 Å². The van der Waals surface area contributed by atoms with Crippen LogP contribution < -0.4 is 9.64 Å². The molecular weight excluding hydrogens is 619 g/mol. The number of benzene rings is 5. The van der Waals surface area contributed by atoms with Crippen LogP contribution in [0.3, 0.4) is 0 Å². The van der Waals surface area contributed by atoms with Crippen LogP contribution in [0.15, 0.2) is 115 Å². The average molecular weight is 668 g/mol. The molecule has 5 aliphatic carbocycles. The van der Waals surface area contributed by atoms with Crippen molar-refractivity contribution in [2.24, 2.45) is 29.1 Å². The van der Waals surface area contributed by atoms with Gasteiger partial charge in [-0.25, -0.2) is 0 Å². The van der Waals surface area contributed by atoms with Crippen molar-refractivity contribution in [3.8, 4) is 22.6 Å². The van der Waals surface area contributed by atoms with Crippen LogP contribution in [0.25, 0.3) is 11.1 Å². The van der Waals surface area contributed by atoms with E-state index in [2.05, 4.69) is 148 Å². The predicted octanol–water partition coefficient (Wildman–Crippen LogP) is 13.0. The summed E-state index contributed by atoms with van der Waals surface area (Å²) in [4.78, 5) is 2.48. The lowest BCUT2D eigenvalue weighted by atomic mass is 9.37. The van der Waals surface area contributed by atoms with Crippen LogP contribution in [-0.4, -0.2) is 0 Å². The second kappa shape index (κ2) is 10.2. The van der Waals surface area contributed by atoms with Crippen molar-refractivity contribution in [2.45, 2.75) is 88.9 Å². The number of fused-ring (bicyclic) bond motifs is 9. The Morgan fingerprint density at radius 2 is 1.08 bits per heavy atom. The van der Waals surface area contributed by atoms with Crippen LogP contribution in [0.1, 0.15) is 94.9 Å². The fraction of sp³-hybridized carbons (Fsp3) is 0.388. The third-order valence-electron chi connectivity index (χ3n) is 15.2. The maximum Gasteiger partial charge on any atom is 0.133 e. The van der Waals surface area contributed by atoms with Crippen molar-refractivity contribution < 1.29 is 4.74 Å². The fourth-order valence-corrected chi connectivity index (χ4v) is 13.1. The van der Waals surface area contributed by atoms with Crippen LogP contribution in [0.2, 0.25) is 0 Å². The minimum atomic E-state index is 0.0796. The lowest BCUT2D eigenvalue weighted by Crippen LogP contribution is -2.64. The third kappa shape index (κ3) is 4.00. The number of para-hydroxylation sites is 1. The van der Waals surface area contributed by atoms with Gasteiger partial charge in [0, 0.05) is 39.7 Å². The molecule has 0 N–H and O–H groups in total. The number of anilines is 3. The molecule has 6 aliphatic rings. The highest BCUT2D eigenvalue weighted by molar-refractivity contribution is 5.81. The maximum absolute atomic E-state index is 7.01. The molecule has 0 saturated heterocycles. The van der Waals surface area contributed by atoms with Gasteiger partial charge in [-0.3, -0.25) is 0 Å². The number of hydrogen-bond donors (Lipinski definition) is 0. The molecule has 0 amide bonds. The topological polar surface area (TPSA) is 12.5 Å². The molecule has 2 nitrogen and oxygen atoms in total. The normalized spacial score (nSPS) is 30.8. The molecule has 5 aromatic carbocycles. The molecule has 4 atom stereocenters. The van der Waals surface area contributed by atoms with E-state index in [1.807, 2.05) is 0 Å². The summed E-state index contributed by atoms with van der Waals surface area (Å²) in [5.41, 5.74) is 12.9. The largest absolute Gasteiger partial charge is 0.457 e. The molecule has 2 spiro atoms. The van der Waals surface area contributed by atoms with Crippen molar-refractivity contribution in [2.75, 3.05) is 4.90 Å². The van der Waals surface area contributed by atoms with Gasteiger partial charge in [-0.1, -0.05) is 100 Å². The smallest absolute Gasteiger partial charge is 0.133 e. The molecule has 0 radical (unpaired) electrons. The van der Waals surface area contributed by atoms with E-state index in [0.29, 0.717) is 5.41 Å². The van der Waals surface area contributed by atoms with Gasteiger partial charge in [0.2, 0.25) is 0 Å². The summed E-state index contributed by atoms with van der Waals surface area (Å²) in [5, 5.41) is 0. The molecule has 4 fully saturated rings. The van der Waals surface area contributed by atoms with Crippen molar-refractivity contribution in [3.05, 3.63) is 138 Å². The Kier molecular flexibility index (Phi) is 6.06. The Labute approximate surface area is 303 Å². The summed E-state index contributed by atoms with van der Waals surface area (Å²) >= 11 is 0. The van der Waals surface area contributed by atoms with Gasteiger partial charge in [-0.15, -0.1) is 0 Å². The Hall–Kier alpha value is -4.30. The molecule has 1 aliphatic heterocycles. The van der Waals surface area contributed by atoms with Gasteiger partial charge in [0.05, 0.1) is 0 Å². The van der Waals surface area contributed by atoms with E-state index in [1.165, 1.54) is 89.7 Å². The van der Waals surface area contributed by atoms with Crippen LogP contribution >= 0.6 is 0 Å². The Balaban J connectivity index is 1.08. The molecule has 4 unspecified atom stereocenters. The highest BCUT2D eigenvalue weighted by atomic mass is 16.5. The molecule has 256 valence electrons. The number of nitrogens with zero attached hydrogens (tertiary/aromatic N) is 1. The molecule has 51 heavy (non-hydrogen) atoms. The van der Waals surface area contributed by atoms with Gasteiger partial charge in [0.15, 0.2) is 0 Å². The zero-order valence-corrected chi connectivity index (χ0v) is 30.6. The van der Waals surface area contributed by atoms with E-state index in [-0.39, 0.29) is 16.2 Å². The molecule has 3 bridgehead atoms. The highest BCUT2D eigenvalue weighted by Gasteiger charge is 2.79. The zero-order chi connectivity index (χ0) is 34.3. The van der Waals surface area contributed by atoms with E-state index < -0.39 is 0 Å². The van der Waals surface area contributed by atoms with E-state index in [0.717, 1.165) is 40.9 Å². The summed E-state index contributed by atoms with van der Waals surface area (Å²) in [6, 6.07) is 43.6. The molecule has 1 heterocycles. The fourth-order valence-electron chi connectivity index (χ4n) is 13.1. The predicted molar refractivity (Wildman–Crippen MR) is 209 cm³/mol. The van der Waals surface area contributed by atoms with Gasteiger partial charge >= 0.3 is 0 Å². The molecule has 5 aromatic rings. The second-order valence-electron chi connectivity index (χ2n) is 18.6. The lowest BCUT2D eigenvalue weighted by Gasteiger charge is -2.66. The Morgan fingerprint density at radius 3 is 1.80 bits per heavy atom. The van der Waals surface area contributed by atoms with E-state index in [9.17, 15) is 0 Å². The first-order valence-corrected chi connectivity index (χ1v) is 19.7. The number of hydrogen-bond acceptors (Lipinski definition) is 2. The van der Waals surface area contributed by atoms with Gasteiger partial charge in [0.25, 0.3) is 0 Å². The Morgan fingerprint density at radius 1 is 0.510 bits per heavy atom. The molecule has 11 rings (SSSR count). The van der Waals surface area contributed by atoms with E-state index >= 15 is 0 Å². The van der Waals surface area contributed by atoms with Crippen molar-refractivity contribution >= 4 is 17.1 Å².